The van der Waals surface area contributed by atoms with Crippen LogP contribution in [0.15, 0.2) is 46.7 Å². The molecule has 4 rings (SSSR count). The van der Waals surface area contributed by atoms with Crippen molar-refractivity contribution in [1.29, 1.82) is 0 Å². The van der Waals surface area contributed by atoms with Gasteiger partial charge in [-0.2, -0.15) is 18.3 Å². The summed E-state index contributed by atoms with van der Waals surface area (Å²) in [5.74, 6) is 3.33. The Labute approximate surface area is 210 Å². The number of nitrogens with two attached hydrogens (primary N) is 1. The fourth-order valence-corrected chi connectivity index (χ4v) is 4.14. The van der Waals surface area contributed by atoms with Gasteiger partial charge in [0.05, 0.1) is 40.0 Å². The molecule has 2 aromatic carbocycles. The number of halogens is 6. The zero-order valence-electron chi connectivity index (χ0n) is 18.0. The molecule has 0 fully saturated rings. The topological polar surface area (TPSA) is 118 Å². The summed E-state index contributed by atoms with van der Waals surface area (Å²) in [4.78, 5) is 26.9. The van der Waals surface area contributed by atoms with Gasteiger partial charge in [0.15, 0.2) is 5.82 Å². The lowest BCUT2D eigenvalue weighted by Gasteiger charge is -2.28. The van der Waals surface area contributed by atoms with Gasteiger partial charge in [0.1, 0.15) is 5.69 Å². The first-order chi connectivity index (χ1) is 17.0. The highest BCUT2D eigenvalue weighted by molar-refractivity contribution is 6.35. The Kier molecular flexibility index (Phi) is 6.87. The first kappa shape index (κ1) is 25.4. The molecule has 0 saturated heterocycles. The SMILES string of the molecule is NN=NC(=O)c1c(-c2cc(Cl)c(F)c(Cl)c2)nn2c1CN(C(=O)Nc1ccc(C(F)(F)F)cc1)CC2. The molecule has 3 N–H and O–H groups in total. The lowest BCUT2D eigenvalue weighted by atomic mass is 10.0. The van der Waals surface area contributed by atoms with Crippen LogP contribution in [-0.2, 0) is 19.3 Å². The molecule has 9 nitrogen and oxygen atoms in total. The van der Waals surface area contributed by atoms with Crippen LogP contribution in [0.3, 0.4) is 0 Å². The van der Waals surface area contributed by atoms with Crippen LogP contribution in [0.25, 0.3) is 11.3 Å². The third-order valence-corrected chi connectivity index (χ3v) is 5.90. The first-order valence-electron chi connectivity index (χ1n) is 10.1. The third-order valence-electron chi connectivity index (χ3n) is 5.35. The maximum atomic E-state index is 13.9. The lowest BCUT2D eigenvalue weighted by molar-refractivity contribution is -0.137. The largest absolute Gasteiger partial charge is 0.416 e. The molecular formula is C21H15Cl2F4N7O2. The Morgan fingerprint density at radius 1 is 1.08 bits per heavy atom. The fraction of sp³-hybridized carbons (Fsp3) is 0.190. The number of alkyl halides is 3. The minimum atomic E-state index is -4.51. The van der Waals surface area contributed by atoms with Gasteiger partial charge in [-0.1, -0.05) is 33.5 Å². The molecule has 0 spiro atoms. The Hall–Kier alpha value is -3.71. The van der Waals surface area contributed by atoms with Crippen molar-refractivity contribution in [3.63, 3.8) is 0 Å². The van der Waals surface area contributed by atoms with Gasteiger partial charge in [0, 0.05) is 17.8 Å². The van der Waals surface area contributed by atoms with E-state index in [1.54, 1.807) is 0 Å². The second-order valence-corrected chi connectivity index (χ2v) is 8.41. The quantitative estimate of drug-likeness (QED) is 0.148. The highest BCUT2D eigenvalue weighted by Crippen LogP contribution is 2.35. The maximum Gasteiger partial charge on any atom is 0.416 e. The predicted octanol–water partition coefficient (Wildman–Crippen LogP) is 5.53. The average molecular weight is 544 g/mol. The van der Waals surface area contributed by atoms with Gasteiger partial charge < -0.3 is 16.1 Å². The number of rotatable bonds is 3. The molecule has 0 radical (unpaired) electrons. The number of hydrogen-bond acceptors (Lipinski definition) is 4. The van der Waals surface area contributed by atoms with Crippen molar-refractivity contribution in [2.75, 3.05) is 11.9 Å². The number of hydrogen-bond donors (Lipinski definition) is 2. The molecular weight excluding hydrogens is 529 g/mol. The average Bonchev–Trinajstić information content (AvgIpc) is 3.21. The van der Waals surface area contributed by atoms with E-state index in [9.17, 15) is 27.2 Å². The van der Waals surface area contributed by atoms with Crippen molar-refractivity contribution in [2.45, 2.75) is 19.3 Å². The van der Waals surface area contributed by atoms with E-state index in [1.165, 1.54) is 21.7 Å². The number of nitrogens with zero attached hydrogens (tertiary/aromatic N) is 5. The number of aromatic nitrogens is 2. The number of benzene rings is 2. The number of urea groups is 1. The molecule has 0 unspecified atom stereocenters. The summed E-state index contributed by atoms with van der Waals surface area (Å²) < 4.78 is 53.7. The van der Waals surface area contributed by atoms with E-state index in [2.05, 4.69) is 20.8 Å². The molecule has 3 amide bonds. The zero-order chi connectivity index (χ0) is 26.2. The standard InChI is InChI=1S/C21H15Cl2F4N7O2/c22-13-7-10(8-14(23)17(13)24)18-16(19(35)30-32-28)15-9-33(5-6-34(15)31-18)20(36)29-12-3-1-11(2-4-12)21(25,26)27/h1-4,7-8H,5-6,9H2,(H,29,36)(H2,28,30,35). The second kappa shape index (κ2) is 9.74. The van der Waals surface area contributed by atoms with Crippen LogP contribution >= 0.6 is 23.2 Å². The predicted molar refractivity (Wildman–Crippen MR) is 122 cm³/mol. The number of anilines is 1. The normalized spacial score (nSPS) is 13.7. The molecule has 1 aliphatic heterocycles. The van der Waals surface area contributed by atoms with Crippen molar-refractivity contribution < 1.29 is 27.2 Å². The molecule has 0 atom stereocenters. The summed E-state index contributed by atoms with van der Waals surface area (Å²) in [6, 6.07) is 5.82. The molecule has 1 aliphatic rings. The van der Waals surface area contributed by atoms with E-state index in [-0.39, 0.29) is 57.9 Å². The molecule has 0 aliphatic carbocycles. The molecule has 36 heavy (non-hydrogen) atoms. The van der Waals surface area contributed by atoms with Gasteiger partial charge in [0.25, 0.3) is 0 Å². The number of carbonyl (C=O) groups excluding carboxylic acids is 2. The fourth-order valence-electron chi connectivity index (χ4n) is 3.66. The van der Waals surface area contributed by atoms with E-state index >= 15 is 0 Å². The van der Waals surface area contributed by atoms with Gasteiger partial charge in [-0.15, -0.1) is 0 Å². The van der Waals surface area contributed by atoms with Crippen molar-refractivity contribution in [3.8, 4) is 11.3 Å². The Balaban J connectivity index is 1.64. The molecule has 1 aromatic heterocycles. The van der Waals surface area contributed by atoms with Crippen molar-refractivity contribution in [1.82, 2.24) is 14.7 Å². The van der Waals surface area contributed by atoms with Crippen LogP contribution in [0.5, 0.6) is 0 Å². The highest BCUT2D eigenvalue weighted by Gasteiger charge is 2.32. The first-order valence-corrected chi connectivity index (χ1v) is 10.9. The summed E-state index contributed by atoms with van der Waals surface area (Å²) in [6.07, 6.45) is -4.51. The van der Waals surface area contributed by atoms with Gasteiger partial charge >= 0.3 is 18.1 Å². The molecule has 188 valence electrons. The molecule has 0 bridgehead atoms. The summed E-state index contributed by atoms with van der Waals surface area (Å²) in [5.41, 5.74) is -0.159. The van der Waals surface area contributed by atoms with Crippen molar-refractivity contribution in [2.24, 2.45) is 16.2 Å². The monoisotopic (exact) mass is 543 g/mol. The number of nitrogens with one attached hydrogen (secondary N) is 1. The minimum Gasteiger partial charge on any atom is -0.317 e. The maximum absolute atomic E-state index is 13.9. The van der Waals surface area contributed by atoms with Crippen LogP contribution in [-0.4, -0.2) is 33.2 Å². The van der Waals surface area contributed by atoms with Crippen molar-refractivity contribution >= 4 is 40.8 Å². The van der Waals surface area contributed by atoms with Gasteiger partial charge in [0.2, 0.25) is 0 Å². The van der Waals surface area contributed by atoms with Gasteiger partial charge in [-0.3, -0.25) is 9.48 Å². The number of fused-ring (bicyclic) bond motifs is 1. The lowest BCUT2D eigenvalue weighted by Crippen LogP contribution is -2.41. The van der Waals surface area contributed by atoms with Crippen LogP contribution in [0.1, 0.15) is 21.6 Å². The van der Waals surface area contributed by atoms with Crippen molar-refractivity contribution in [3.05, 3.63) is 69.1 Å². The van der Waals surface area contributed by atoms with E-state index in [0.29, 0.717) is 0 Å². The Bertz CT molecular complexity index is 1350. The van der Waals surface area contributed by atoms with Gasteiger partial charge in [-0.25, -0.2) is 9.18 Å². The number of amides is 3. The third kappa shape index (κ3) is 4.97. The second-order valence-electron chi connectivity index (χ2n) is 7.59. The van der Waals surface area contributed by atoms with E-state index in [1.807, 2.05) is 0 Å². The zero-order valence-corrected chi connectivity index (χ0v) is 19.5. The summed E-state index contributed by atoms with van der Waals surface area (Å²) in [6.45, 7) is 0.222. The van der Waals surface area contributed by atoms with Crippen LogP contribution in [0.2, 0.25) is 10.0 Å². The molecule has 2 heterocycles. The Morgan fingerprint density at radius 3 is 2.31 bits per heavy atom. The van der Waals surface area contributed by atoms with Gasteiger partial charge in [-0.05, 0) is 36.4 Å². The molecule has 15 heteroatoms. The summed E-state index contributed by atoms with van der Waals surface area (Å²) >= 11 is 11.8. The van der Waals surface area contributed by atoms with E-state index in [4.69, 9.17) is 29.0 Å². The highest BCUT2D eigenvalue weighted by atomic mass is 35.5. The van der Waals surface area contributed by atoms with Crippen LogP contribution < -0.4 is 11.2 Å². The molecule has 3 aromatic rings. The number of carbonyl (C=O) groups is 2. The van der Waals surface area contributed by atoms with Crippen LogP contribution in [0, 0.1) is 5.82 Å². The van der Waals surface area contributed by atoms with E-state index in [0.717, 1.165) is 24.3 Å². The Morgan fingerprint density at radius 2 is 1.72 bits per heavy atom. The smallest absolute Gasteiger partial charge is 0.317 e. The summed E-state index contributed by atoms with van der Waals surface area (Å²) in [7, 11) is 0. The van der Waals surface area contributed by atoms with Crippen LogP contribution in [0.4, 0.5) is 28.0 Å². The molecule has 0 saturated carbocycles. The minimum absolute atomic E-state index is 0.0463. The van der Waals surface area contributed by atoms with E-state index < -0.39 is 29.5 Å². The summed E-state index contributed by atoms with van der Waals surface area (Å²) in [5, 5.41) is 12.7.